The first-order valence-corrected chi connectivity index (χ1v) is 9.99. The lowest BCUT2D eigenvalue weighted by Gasteiger charge is -2.14. The van der Waals surface area contributed by atoms with Crippen LogP contribution in [0.4, 0.5) is 8.78 Å². The van der Waals surface area contributed by atoms with Crippen LogP contribution in [0.5, 0.6) is 0 Å². The van der Waals surface area contributed by atoms with Gasteiger partial charge in [-0.05, 0) is 40.6 Å². The van der Waals surface area contributed by atoms with Crippen molar-refractivity contribution in [2.75, 3.05) is 0 Å². The van der Waals surface area contributed by atoms with E-state index in [9.17, 15) is 23.8 Å². The molecule has 3 aromatic rings. The molecule has 10 heteroatoms. The molecule has 0 saturated carbocycles. The largest absolute Gasteiger partial charge is 0.481 e. The number of aliphatic carboxylic acids is 1. The smallest absolute Gasteiger partial charge is 0.305 e. The highest BCUT2D eigenvalue weighted by Crippen LogP contribution is 2.32. The van der Waals surface area contributed by atoms with Crippen LogP contribution >= 0.6 is 0 Å². The maximum atomic E-state index is 13.6. The van der Waals surface area contributed by atoms with E-state index in [0.29, 0.717) is 22.3 Å². The topological polar surface area (TPSA) is 121 Å². The Labute approximate surface area is 188 Å². The van der Waals surface area contributed by atoms with Crippen molar-refractivity contribution in [1.29, 1.82) is 0 Å². The standard InChI is InChI=1S/C23H22F2N4O4/c1-29-27-23(26-28-29)20(11-10-18(30)12-19(31)13-21(32)33)22(14-2-6-16(24)7-3-14)15-4-8-17(25)9-5-15/h2-11,18-19,30-31H,12-13H2,1H3,(H,32,33)/b11-10+. The van der Waals surface area contributed by atoms with Crippen LogP contribution in [-0.2, 0) is 11.8 Å². The minimum Gasteiger partial charge on any atom is -0.481 e. The van der Waals surface area contributed by atoms with Gasteiger partial charge in [-0.15, -0.1) is 10.2 Å². The fraction of sp³-hybridized carbons (Fsp3) is 0.217. The molecule has 2 atom stereocenters. The molecule has 172 valence electrons. The number of carboxylic acids is 1. The summed E-state index contributed by atoms with van der Waals surface area (Å²) in [7, 11) is 1.57. The van der Waals surface area contributed by atoms with Crippen LogP contribution in [0.2, 0.25) is 0 Å². The van der Waals surface area contributed by atoms with Gasteiger partial charge in [-0.25, -0.2) is 8.78 Å². The normalized spacial score (nSPS) is 13.1. The number of nitrogens with zero attached hydrogens (tertiary/aromatic N) is 4. The lowest BCUT2D eigenvalue weighted by molar-refractivity contribution is -0.139. The van der Waals surface area contributed by atoms with Crippen molar-refractivity contribution >= 4 is 17.1 Å². The summed E-state index contributed by atoms with van der Waals surface area (Å²) in [4.78, 5) is 12.0. The number of aliphatic hydroxyl groups is 2. The number of aryl methyl sites for hydroxylation is 1. The molecule has 3 N–H and O–H groups in total. The van der Waals surface area contributed by atoms with Crippen molar-refractivity contribution in [2.45, 2.75) is 25.0 Å². The first-order valence-electron chi connectivity index (χ1n) is 9.99. The minimum atomic E-state index is -1.24. The van der Waals surface area contributed by atoms with Gasteiger partial charge in [0.1, 0.15) is 11.6 Å². The van der Waals surface area contributed by atoms with Crippen LogP contribution in [-0.4, -0.2) is 53.7 Å². The zero-order valence-corrected chi connectivity index (χ0v) is 17.6. The first kappa shape index (κ1) is 23.9. The molecule has 0 bridgehead atoms. The van der Waals surface area contributed by atoms with Crippen LogP contribution in [0.15, 0.2) is 60.7 Å². The number of hydrogen-bond donors (Lipinski definition) is 3. The van der Waals surface area contributed by atoms with Gasteiger partial charge in [-0.1, -0.05) is 36.4 Å². The average Bonchev–Trinajstić information content (AvgIpc) is 3.18. The Morgan fingerprint density at radius 2 is 1.58 bits per heavy atom. The van der Waals surface area contributed by atoms with E-state index in [1.807, 2.05) is 0 Å². The molecule has 3 rings (SSSR count). The molecule has 1 heterocycles. The average molecular weight is 456 g/mol. The molecule has 0 aliphatic rings. The van der Waals surface area contributed by atoms with E-state index in [1.165, 1.54) is 41.2 Å². The number of halogens is 2. The third-order valence-corrected chi connectivity index (χ3v) is 4.69. The number of carbonyl (C=O) groups is 1. The number of tetrazole rings is 1. The van der Waals surface area contributed by atoms with Crippen LogP contribution in [0.25, 0.3) is 11.1 Å². The van der Waals surface area contributed by atoms with Gasteiger partial charge in [-0.3, -0.25) is 4.79 Å². The molecule has 0 spiro atoms. The number of hydrogen-bond acceptors (Lipinski definition) is 6. The van der Waals surface area contributed by atoms with Crippen molar-refractivity contribution in [3.63, 3.8) is 0 Å². The third kappa shape index (κ3) is 6.61. The van der Waals surface area contributed by atoms with Crippen LogP contribution in [0, 0.1) is 11.6 Å². The molecule has 0 aliphatic carbocycles. The van der Waals surface area contributed by atoms with Gasteiger partial charge in [0, 0.05) is 17.6 Å². The molecule has 2 aromatic carbocycles. The van der Waals surface area contributed by atoms with E-state index in [1.54, 1.807) is 31.3 Å². The Bertz CT molecular complexity index is 1110. The van der Waals surface area contributed by atoms with Crippen LogP contribution in [0.1, 0.15) is 29.8 Å². The number of benzene rings is 2. The van der Waals surface area contributed by atoms with E-state index in [2.05, 4.69) is 15.4 Å². The zero-order valence-electron chi connectivity index (χ0n) is 17.6. The second-order valence-corrected chi connectivity index (χ2v) is 7.32. The van der Waals surface area contributed by atoms with Gasteiger partial charge in [0.25, 0.3) is 0 Å². The molecule has 0 aliphatic heterocycles. The molecule has 8 nitrogen and oxygen atoms in total. The Kier molecular flexibility index (Phi) is 7.75. The summed E-state index contributed by atoms with van der Waals surface area (Å²) < 4.78 is 27.2. The number of aromatic nitrogens is 4. The maximum absolute atomic E-state index is 13.6. The highest BCUT2D eigenvalue weighted by molar-refractivity contribution is 6.00. The zero-order chi connectivity index (χ0) is 24.0. The van der Waals surface area contributed by atoms with Crippen molar-refractivity contribution in [1.82, 2.24) is 20.2 Å². The highest BCUT2D eigenvalue weighted by Gasteiger charge is 2.18. The summed E-state index contributed by atoms with van der Waals surface area (Å²) in [6.45, 7) is 0. The number of carboxylic acid groups (broad SMARTS) is 1. The van der Waals surface area contributed by atoms with Gasteiger partial charge in [-0.2, -0.15) is 4.80 Å². The molecule has 0 fully saturated rings. The Morgan fingerprint density at radius 1 is 1.03 bits per heavy atom. The monoisotopic (exact) mass is 456 g/mol. The number of aliphatic hydroxyl groups excluding tert-OH is 2. The van der Waals surface area contributed by atoms with Gasteiger partial charge in [0.2, 0.25) is 5.82 Å². The van der Waals surface area contributed by atoms with Crippen molar-refractivity contribution in [3.05, 3.63) is 89.3 Å². The molecule has 1 aromatic heterocycles. The molecule has 0 amide bonds. The molecule has 0 radical (unpaired) electrons. The second-order valence-electron chi connectivity index (χ2n) is 7.32. The van der Waals surface area contributed by atoms with Crippen LogP contribution in [0.3, 0.4) is 0 Å². The summed E-state index contributed by atoms with van der Waals surface area (Å²) in [5.41, 5.74) is 2.08. The minimum absolute atomic E-state index is 0.190. The van der Waals surface area contributed by atoms with Gasteiger partial charge >= 0.3 is 5.97 Å². The third-order valence-electron chi connectivity index (χ3n) is 4.69. The SMILES string of the molecule is Cn1nnc(C(/C=C/C(O)CC(O)CC(=O)O)=C(c2ccc(F)cc2)c2ccc(F)cc2)n1. The molecular formula is C23H22F2N4O4. The van der Waals surface area contributed by atoms with E-state index in [-0.39, 0.29) is 12.2 Å². The first-order chi connectivity index (χ1) is 15.7. The highest BCUT2D eigenvalue weighted by atomic mass is 19.1. The van der Waals surface area contributed by atoms with Gasteiger partial charge < -0.3 is 15.3 Å². The van der Waals surface area contributed by atoms with Gasteiger partial charge in [0.05, 0.1) is 25.7 Å². The second kappa shape index (κ2) is 10.7. The number of rotatable bonds is 9. The van der Waals surface area contributed by atoms with E-state index in [4.69, 9.17) is 5.11 Å². The fourth-order valence-electron chi connectivity index (χ4n) is 3.22. The van der Waals surface area contributed by atoms with Crippen LogP contribution < -0.4 is 0 Å². The lowest BCUT2D eigenvalue weighted by Crippen LogP contribution is -2.19. The summed E-state index contributed by atoms with van der Waals surface area (Å²) in [5, 5.41) is 41.0. The molecule has 0 saturated heterocycles. The lowest BCUT2D eigenvalue weighted by atomic mass is 9.92. The van der Waals surface area contributed by atoms with Crippen molar-refractivity contribution < 1.29 is 28.9 Å². The Balaban J connectivity index is 2.12. The van der Waals surface area contributed by atoms with E-state index < -0.39 is 36.2 Å². The molecule has 2 unspecified atom stereocenters. The Hall–Kier alpha value is -3.76. The van der Waals surface area contributed by atoms with E-state index >= 15 is 0 Å². The summed E-state index contributed by atoms with van der Waals surface area (Å²) in [5.74, 6) is -1.86. The predicted molar refractivity (Wildman–Crippen MR) is 116 cm³/mol. The quantitative estimate of drug-likeness (QED) is 0.423. The summed E-state index contributed by atoms with van der Waals surface area (Å²) in [6, 6.07) is 11.3. The maximum Gasteiger partial charge on any atom is 0.305 e. The van der Waals surface area contributed by atoms with Crippen molar-refractivity contribution in [2.24, 2.45) is 7.05 Å². The molecular weight excluding hydrogens is 434 g/mol. The number of allylic oxidation sites excluding steroid dienone is 2. The summed E-state index contributed by atoms with van der Waals surface area (Å²) in [6.07, 6.45) is -0.241. The fourth-order valence-corrected chi connectivity index (χ4v) is 3.22. The van der Waals surface area contributed by atoms with E-state index in [0.717, 1.165) is 0 Å². The Morgan fingerprint density at radius 3 is 2.03 bits per heavy atom. The predicted octanol–water partition coefficient (Wildman–Crippen LogP) is 2.59. The van der Waals surface area contributed by atoms with Gasteiger partial charge in [0.15, 0.2) is 0 Å². The van der Waals surface area contributed by atoms with Crippen molar-refractivity contribution in [3.8, 4) is 0 Å². The summed E-state index contributed by atoms with van der Waals surface area (Å²) >= 11 is 0. The molecule has 33 heavy (non-hydrogen) atoms.